The average molecular weight is 270 g/mol. The third-order valence-corrected chi connectivity index (χ3v) is 3.54. The van der Waals surface area contributed by atoms with Crippen molar-refractivity contribution >= 4 is 17.7 Å². The number of aliphatic carboxylic acids is 1. The van der Waals surface area contributed by atoms with E-state index in [2.05, 4.69) is 0 Å². The van der Waals surface area contributed by atoms with Crippen molar-refractivity contribution in [2.24, 2.45) is 5.92 Å². The minimum Gasteiger partial charge on any atom is -0.497 e. The molecule has 0 aromatic heterocycles. The Morgan fingerprint density at radius 3 is 2.50 bits per heavy atom. The van der Waals surface area contributed by atoms with E-state index in [0.717, 1.165) is 17.3 Å². The lowest BCUT2D eigenvalue weighted by atomic mass is 10.2. The Bertz CT molecular complexity index is 364. The fraction of sp³-hybridized carbons (Fsp3) is 0.462. The topological polar surface area (TPSA) is 55.8 Å². The number of rotatable bonds is 8. The Balaban J connectivity index is 2.15. The summed E-state index contributed by atoms with van der Waals surface area (Å²) in [7, 11) is 1.62. The van der Waals surface area contributed by atoms with Crippen LogP contribution in [0.15, 0.2) is 24.3 Å². The average Bonchev–Trinajstić information content (AvgIpc) is 2.38. The molecule has 18 heavy (non-hydrogen) atoms. The van der Waals surface area contributed by atoms with Crippen LogP contribution in [0.3, 0.4) is 0 Å². The van der Waals surface area contributed by atoms with Crippen LogP contribution in [0.2, 0.25) is 0 Å². The van der Waals surface area contributed by atoms with E-state index in [4.69, 9.17) is 14.6 Å². The van der Waals surface area contributed by atoms with E-state index in [0.29, 0.717) is 12.4 Å². The van der Waals surface area contributed by atoms with Crippen LogP contribution in [-0.2, 0) is 4.79 Å². The highest BCUT2D eigenvalue weighted by Crippen LogP contribution is 2.17. The van der Waals surface area contributed by atoms with Gasteiger partial charge in [-0.1, -0.05) is 6.92 Å². The summed E-state index contributed by atoms with van der Waals surface area (Å²) in [5.74, 6) is 1.93. The number of methoxy groups -OCH3 is 1. The standard InChI is InChI=1S/C13H18O4S/c1-10(13(14)15)9-18-8-7-17-12-5-3-11(16-2)4-6-12/h3-6,10H,7-9H2,1-2H3,(H,14,15). The number of carboxylic acids is 1. The number of hydrogen-bond donors (Lipinski definition) is 1. The number of ether oxygens (including phenoxy) is 2. The van der Waals surface area contributed by atoms with Crippen molar-refractivity contribution in [2.75, 3.05) is 25.2 Å². The van der Waals surface area contributed by atoms with Gasteiger partial charge in [-0.05, 0) is 24.3 Å². The normalized spacial score (nSPS) is 11.9. The van der Waals surface area contributed by atoms with Gasteiger partial charge < -0.3 is 14.6 Å². The number of hydrogen-bond acceptors (Lipinski definition) is 4. The summed E-state index contributed by atoms with van der Waals surface area (Å²) in [4.78, 5) is 10.6. The smallest absolute Gasteiger partial charge is 0.307 e. The van der Waals surface area contributed by atoms with Gasteiger partial charge >= 0.3 is 5.97 Å². The van der Waals surface area contributed by atoms with Crippen LogP contribution in [0.4, 0.5) is 0 Å². The summed E-state index contributed by atoms with van der Waals surface area (Å²) in [6.07, 6.45) is 0. The first-order valence-electron chi connectivity index (χ1n) is 5.71. The van der Waals surface area contributed by atoms with Gasteiger partial charge in [0.1, 0.15) is 11.5 Å². The second kappa shape index (κ2) is 7.87. The lowest BCUT2D eigenvalue weighted by Gasteiger charge is -2.08. The number of thioether (sulfide) groups is 1. The summed E-state index contributed by atoms with van der Waals surface area (Å²) in [5.41, 5.74) is 0. The maximum absolute atomic E-state index is 10.6. The Hall–Kier alpha value is -1.36. The molecule has 4 nitrogen and oxygen atoms in total. The highest BCUT2D eigenvalue weighted by molar-refractivity contribution is 7.99. The summed E-state index contributed by atoms with van der Waals surface area (Å²) in [6, 6.07) is 7.39. The number of carbonyl (C=O) groups is 1. The van der Waals surface area contributed by atoms with Crippen molar-refractivity contribution in [1.82, 2.24) is 0 Å². The molecule has 0 saturated heterocycles. The molecule has 0 aliphatic rings. The summed E-state index contributed by atoms with van der Waals surface area (Å²) in [5, 5.41) is 8.71. The summed E-state index contributed by atoms with van der Waals surface area (Å²) >= 11 is 1.59. The van der Waals surface area contributed by atoms with Gasteiger partial charge in [0.15, 0.2) is 0 Å². The van der Waals surface area contributed by atoms with Crippen LogP contribution < -0.4 is 9.47 Å². The third-order valence-electron chi connectivity index (χ3n) is 2.35. The molecular weight excluding hydrogens is 252 g/mol. The van der Waals surface area contributed by atoms with E-state index >= 15 is 0 Å². The Morgan fingerprint density at radius 2 is 1.94 bits per heavy atom. The Labute approximate surface area is 111 Å². The molecule has 0 spiro atoms. The van der Waals surface area contributed by atoms with Gasteiger partial charge in [0, 0.05) is 11.5 Å². The van der Waals surface area contributed by atoms with Crippen LogP contribution in [0.5, 0.6) is 11.5 Å². The zero-order valence-electron chi connectivity index (χ0n) is 10.6. The second-order valence-electron chi connectivity index (χ2n) is 3.84. The van der Waals surface area contributed by atoms with Gasteiger partial charge in [-0.25, -0.2) is 0 Å². The minimum absolute atomic E-state index is 0.309. The highest BCUT2D eigenvalue weighted by atomic mass is 32.2. The van der Waals surface area contributed by atoms with Gasteiger partial charge in [-0.2, -0.15) is 11.8 Å². The molecule has 100 valence electrons. The zero-order valence-corrected chi connectivity index (χ0v) is 11.4. The molecule has 1 aromatic carbocycles. The maximum Gasteiger partial charge on any atom is 0.307 e. The van der Waals surface area contributed by atoms with Crippen molar-refractivity contribution in [3.8, 4) is 11.5 Å². The predicted molar refractivity (Wildman–Crippen MR) is 72.6 cm³/mol. The molecule has 0 bridgehead atoms. The molecule has 5 heteroatoms. The lowest BCUT2D eigenvalue weighted by molar-refractivity contribution is -0.140. The molecule has 1 N–H and O–H groups in total. The quantitative estimate of drug-likeness (QED) is 0.736. The molecule has 0 saturated carbocycles. The Morgan fingerprint density at radius 1 is 1.33 bits per heavy atom. The van der Waals surface area contributed by atoms with Gasteiger partial charge in [0.25, 0.3) is 0 Å². The zero-order chi connectivity index (χ0) is 13.4. The molecule has 0 aliphatic carbocycles. The van der Waals surface area contributed by atoms with Crippen molar-refractivity contribution in [2.45, 2.75) is 6.92 Å². The van der Waals surface area contributed by atoms with Crippen molar-refractivity contribution in [3.63, 3.8) is 0 Å². The lowest BCUT2D eigenvalue weighted by Crippen LogP contribution is -2.13. The fourth-order valence-corrected chi connectivity index (χ4v) is 2.09. The van der Waals surface area contributed by atoms with Crippen molar-refractivity contribution < 1.29 is 19.4 Å². The molecule has 0 radical (unpaired) electrons. The highest BCUT2D eigenvalue weighted by Gasteiger charge is 2.09. The van der Waals surface area contributed by atoms with E-state index in [1.54, 1.807) is 25.8 Å². The molecular formula is C13H18O4S. The largest absolute Gasteiger partial charge is 0.497 e. The van der Waals surface area contributed by atoms with Gasteiger partial charge in [0.05, 0.1) is 19.6 Å². The molecule has 0 aliphatic heterocycles. The van der Waals surface area contributed by atoms with Crippen LogP contribution >= 0.6 is 11.8 Å². The van der Waals surface area contributed by atoms with Crippen molar-refractivity contribution in [3.05, 3.63) is 24.3 Å². The van der Waals surface area contributed by atoms with E-state index in [1.165, 1.54) is 0 Å². The van der Waals surface area contributed by atoms with Crippen molar-refractivity contribution in [1.29, 1.82) is 0 Å². The Kier molecular flexibility index (Phi) is 6.43. The van der Waals surface area contributed by atoms with E-state index in [-0.39, 0.29) is 5.92 Å². The monoisotopic (exact) mass is 270 g/mol. The first-order chi connectivity index (χ1) is 8.63. The molecule has 0 fully saturated rings. The molecule has 1 unspecified atom stereocenters. The number of carboxylic acid groups (broad SMARTS) is 1. The summed E-state index contributed by atoms with van der Waals surface area (Å²) < 4.78 is 10.6. The molecule has 0 amide bonds. The first-order valence-corrected chi connectivity index (χ1v) is 6.86. The van der Waals surface area contributed by atoms with E-state index in [1.807, 2.05) is 24.3 Å². The SMILES string of the molecule is COc1ccc(OCCSCC(C)C(=O)O)cc1. The molecule has 1 aromatic rings. The van der Waals surface area contributed by atoms with Gasteiger partial charge in [0.2, 0.25) is 0 Å². The maximum atomic E-state index is 10.6. The first kappa shape index (κ1) is 14.7. The third kappa shape index (κ3) is 5.31. The van der Waals surface area contributed by atoms with E-state index in [9.17, 15) is 4.79 Å². The predicted octanol–water partition coefficient (Wildman–Crippen LogP) is 2.53. The van der Waals surface area contributed by atoms with Gasteiger partial charge in [-0.3, -0.25) is 4.79 Å². The second-order valence-corrected chi connectivity index (χ2v) is 4.99. The van der Waals surface area contributed by atoms with Crippen LogP contribution in [0, 0.1) is 5.92 Å². The molecule has 0 heterocycles. The molecule has 1 atom stereocenters. The van der Waals surface area contributed by atoms with Gasteiger partial charge in [-0.15, -0.1) is 0 Å². The van der Waals surface area contributed by atoms with Crippen LogP contribution in [0.1, 0.15) is 6.92 Å². The fourth-order valence-electron chi connectivity index (χ4n) is 1.22. The number of benzene rings is 1. The molecule has 1 rings (SSSR count). The summed E-state index contributed by atoms with van der Waals surface area (Å²) in [6.45, 7) is 2.28. The van der Waals surface area contributed by atoms with Crippen LogP contribution in [0.25, 0.3) is 0 Å². The van der Waals surface area contributed by atoms with Crippen LogP contribution in [-0.4, -0.2) is 36.3 Å². The van der Waals surface area contributed by atoms with E-state index < -0.39 is 5.97 Å². The minimum atomic E-state index is -0.751.